The van der Waals surface area contributed by atoms with Gasteiger partial charge in [0.15, 0.2) is 6.10 Å². The number of aryl methyl sites for hydroxylation is 1. The molecule has 1 aromatic carbocycles. The highest BCUT2D eigenvalue weighted by molar-refractivity contribution is 5.99. The van der Waals surface area contributed by atoms with Crippen molar-refractivity contribution in [2.24, 2.45) is 5.92 Å². The van der Waals surface area contributed by atoms with Crippen LogP contribution in [0, 0.1) is 19.8 Å². The quantitative estimate of drug-likeness (QED) is 0.799. The Morgan fingerprint density at radius 1 is 1.36 bits per heavy atom. The lowest BCUT2D eigenvalue weighted by atomic mass is 10.1. The number of fused-ring (bicyclic) bond motifs is 1. The summed E-state index contributed by atoms with van der Waals surface area (Å²) in [5.41, 5.74) is 4.44. The van der Waals surface area contributed by atoms with Crippen LogP contribution in [0.25, 0.3) is 0 Å². The lowest BCUT2D eigenvalue weighted by molar-refractivity contribution is -0.122. The second kappa shape index (κ2) is 8.04. The lowest BCUT2D eigenvalue weighted by Crippen LogP contribution is -2.34. The van der Waals surface area contributed by atoms with Crippen LogP contribution in [0.1, 0.15) is 44.1 Å². The molecule has 28 heavy (non-hydrogen) atoms. The standard InChI is InChI=1S/C21H28N4O3/c1-12(2)11-25-14(4)17(13(3)24-25)7-9-20(26)22-16-6-8-19-18(10-16)23-21(27)15(5)28-19/h6,8,10,12,15H,7,9,11H2,1-5H3,(H,22,26)(H,23,27)/t15-/m1/s1. The molecule has 2 N–H and O–H groups in total. The van der Waals surface area contributed by atoms with E-state index in [2.05, 4.69) is 36.5 Å². The molecule has 150 valence electrons. The van der Waals surface area contributed by atoms with E-state index in [0.29, 0.717) is 35.9 Å². The number of nitrogens with zero attached hydrogens (tertiary/aromatic N) is 2. The number of benzene rings is 1. The lowest BCUT2D eigenvalue weighted by Gasteiger charge is -2.23. The summed E-state index contributed by atoms with van der Waals surface area (Å²) < 4.78 is 7.56. The van der Waals surface area contributed by atoms with Gasteiger partial charge in [-0.15, -0.1) is 0 Å². The van der Waals surface area contributed by atoms with Crippen LogP contribution in [-0.2, 0) is 22.6 Å². The molecule has 1 aromatic heterocycles. The van der Waals surface area contributed by atoms with Crippen LogP contribution in [0.2, 0.25) is 0 Å². The van der Waals surface area contributed by atoms with Crippen molar-refractivity contribution in [3.8, 4) is 5.75 Å². The molecule has 3 rings (SSSR count). The average Bonchev–Trinajstić information content (AvgIpc) is 2.87. The largest absolute Gasteiger partial charge is 0.479 e. The predicted octanol–water partition coefficient (Wildman–Crippen LogP) is 3.45. The highest BCUT2D eigenvalue weighted by Gasteiger charge is 2.23. The molecule has 7 nitrogen and oxygen atoms in total. The number of carbonyl (C=O) groups is 2. The highest BCUT2D eigenvalue weighted by atomic mass is 16.5. The molecule has 2 heterocycles. The molecule has 0 saturated carbocycles. The minimum Gasteiger partial charge on any atom is -0.479 e. The molecule has 0 saturated heterocycles. The fraction of sp³-hybridized carbons (Fsp3) is 0.476. The Labute approximate surface area is 165 Å². The van der Waals surface area contributed by atoms with Gasteiger partial charge >= 0.3 is 0 Å². The van der Waals surface area contributed by atoms with Crippen LogP contribution in [0.3, 0.4) is 0 Å². The fourth-order valence-electron chi connectivity index (χ4n) is 3.37. The number of carbonyl (C=O) groups excluding carboxylic acids is 2. The number of aromatic nitrogens is 2. The van der Waals surface area contributed by atoms with Crippen molar-refractivity contribution in [1.82, 2.24) is 9.78 Å². The Morgan fingerprint density at radius 2 is 2.11 bits per heavy atom. The van der Waals surface area contributed by atoms with Crippen LogP contribution in [0.5, 0.6) is 5.75 Å². The van der Waals surface area contributed by atoms with Gasteiger partial charge in [-0.05, 0) is 56.9 Å². The summed E-state index contributed by atoms with van der Waals surface area (Å²) >= 11 is 0. The van der Waals surface area contributed by atoms with Gasteiger partial charge in [0.2, 0.25) is 5.91 Å². The summed E-state index contributed by atoms with van der Waals surface area (Å²) in [5.74, 6) is 0.853. The van der Waals surface area contributed by atoms with Crippen molar-refractivity contribution in [3.05, 3.63) is 35.2 Å². The van der Waals surface area contributed by atoms with Gasteiger partial charge in [0.25, 0.3) is 5.91 Å². The molecule has 2 amide bonds. The van der Waals surface area contributed by atoms with Gasteiger partial charge in [-0.3, -0.25) is 14.3 Å². The van der Waals surface area contributed by atoms with Gasteiger partial charge in [0.1, 0.15) is 5.75 Å². The molecule has 2 aromatic rings. The summed E-state index contributed by atoms with van der Waals surface area (Å²) in [6.45, 7) is 10.9. The zero-order valence-corrected chi connectivity index (χ0v) is 17.1. The number of hydrogen-bond donors (Lipinski definition) is 2. The smallest absolute Gasteiger partial charge is 0.265 e. The normalized spacial score (nSPS) is 15.8. The molecule has 0 unspecified atom stereocenters. The van der Waals surface area contributed by atoms with Crippen molar-refractivity contribution in [2.45, 2.75) is 60.1 Å². The number of hydrogen-bond acceptors (Lipinski definition) is 4. The monoisotopic (exact) mass is 384 g/mol. The summed E-state index contributed by atoms with van der Waals surface area (Å²) in [6, 6.07) is 5.25. The van der Waals surface area contributed by atoms with E-state index in [1.807, 2.05) is 11.6 Å². The number of ether oxygens (including phenoxy) is 1. The van der Waals surface area contributed by atoms with Gasteiger partial charge in [-0.1, -0.05) is 13.8 Å². The van der Waals surface area contributed by atoms with E-state index in [9.17, 15) is 9.59 Å². The maximum atomic E-state index is 12.4. The van der Waals surface area contributed by atoms with E-state index >= 15 is 0 Å². The summed E-state index contributed by atoms with van der Waals surface area (Å²) in [7, 11) is 0. The molecule has 0 radical (unpaired) electrons. The zero-order valence-electron chi connectivity index (χ0n) is 17.1. The van der Waals surface area contributed by atoms with E-state index in [0.717, 1.165) is 23.5 Å². The first-order valence-electron chi connectivity index (χ1n) is 9.69. The number of nitrogens with one attached hydrogen (secondary N) is 2. The summed E-state index contributed by atoms with van der Waals surface area (Å²) in [5, 5.41) is 10.3. The molecule has 0 spiro atoms. The SMILES string of the molecule is Cc1nn(CC(C)C)c(C)c1CCC(=O)Nc1ccc2c(c1)NC(=O)[C@@H](C)O2. The topological polar surface area (TPSA) is 85.3 Å². The fourth-order valence-corrected chi connectivity index (χ4v) is 3.37. The Morgan fingerprint density at radius 3 is 2.82 bits per heavy atom. The van der Waals surface area contributed by atoms with E-state index in [1.165, 1.54) is 0 Å². The molecule has 1 aliphatic rings. The van der Waals surface area contributed by atoms with Crippen molar-refractivity contribution in [2.75, 3.05) is 10.6 Å². The molecular weight excluding hydrogens is 356 g/mol. The Kier molecular flexibility index (Phi) is 5.72. The van der Waals surface area contributed by atoms with Crippen molar-refractivity contribution in [3.63, 3.8) is 0 Å². The third-order valence-electron chi connectivity index (χ3n) is 4.87. The van der Waals surface area contributed by atoms with Crippen molar-refractivity contribution < 1.29 is 14.3 Å². The minimum absolute atomic E-state index is 0.0771. The average molecular weight is 384 g/mol. The Hall–Kier alpha value is -2.83. The summed E-state index contributed by atoms with van der Waals surface area (Å²) in [6.07, 6.45) is 0.492. The molecular formula is C21H28N4O3. The summed E-state index contributed by atoms with van der Waals surface area (Å²) in [4.78, 5) is 24.2. The first kappa shape index (κ1) is 19.9. The number of rotatable bonds is 6. The van der Waals surface area contributed by atoms with Gasteiger partial charge in [-0.2, -0.15) is 5.10 Å². The van der Waals surface area contributed by atoms with Crippen LogP contribution >= 0.6 is 0 Å². The third kappa shape index (κ3) is 4.35. The molecule has 0 bridgehead atoms. The second-order valence-electron chi connectivity index (χ2n) is 7.73. The number of anilines is 2. The van der Waals surface area contributed by atoms with Crippen molar-refractivity contribution in [1.29, 1.82) is 0 Å². The molecule has 0 aliphatic carbocycles. The second-order valence-corrected chi connectivity index (χ2v) is 7.73. The van der Waals surface area contributed by atoms with Gasteiger partial charge in [0, 0.05) is 24.3 Å². The Balaban J connectivity index is 1.62. The molecule has 1 aliphatic heterocycles. The van der Waals surface area contributed by atoms with E-state index in [-0.39, 0.29) is 11.8 Å². The first-order valence-corrected chi connectivity index (χ1v) is 9.69. The van der Waals surface area contributed by atoms with E-state index in [4.69, 9.17) is 4.74 Å². The molecule has 1 atom stereocenters. The molecule has 0 fully saturated rings. The maximum absolute atomic E-state index is 12.4. The first-order chi connectivity index (χ1) is 13.2. The van der Waals surface area contributed by atoms with E-state index in [1.54, 1.807) is 25.1 Å². The van der Waals surface area contributed by atoms with E-state index < -0.39 is 6.10 Å². The maximum Gasteiger partial charge on any atom is 0.265 e. The number of amides is 2. The van der Waals surface area contributed by atoms with Crippen LogP contribution in [0.15, 0.2) is 18.2 Å². The van der Waals surface area contributed by atoms with Crippen LogP contribution in [0.4, 0.5) is 11.4 Å². The van der Waals surface area contributed by atoms with Crippen LogP contribution in [-0.4, -0.2) is 27.7 Å². The minimum atomic E-state index is -0.518. The predicted molar refractivity (Wildman–Crippen MR) is 109 cm³/mol. The molecule has 7 heteroatoms. The van der Waals surface area contributed by atoms with Gasteiger partial charge < -0.3 is 15.4 Å². The van der Waals surface area contributed by atoms with Gasteiger partial charge in [0.05, 0.1) is 11.4 Å². The highest BCUT2D eigenvalue weighted by Crippen LogP contribution is 2.32. The van der Waals surface area contributed by atoms with Crippen LogP contribution < -0.4 is 15.4 Å². The van der Waals surface area contributed by atoms with Crippen molar-refractivity contribution >= 4 is 23.2 Å². The zero-order chi connectivity index (χ0) is 20.4. The Bertz CT molecular complexity index is 901. The third-order valence-corrected chi connectivity index (χ3v) is 4.87. The van der Waals surface area contributed by atoms with Gasteiger partial charge in [-0.25, -0.2) is 0 Å².